The maximum atomic E-state index is 11.6. The van der Waals surface area contributed by atoms with Crippen LogP contribution in [0, 0.1) is 0 Å². The molecule has 0 radical (unpaired) electrons. The van der Waals surface area contributed by atoms with Crippen molar-refractivity contribution in [3.63, 3.8) is 0 Å². The molecule has 0 bridgehead atoms. The number of nitrogens with zero attached hydrogens (tertiary/aromatic N) is 3. The van der Waals surface area contributed by atoms with Crippen molar-refractivity contribution in [3.8, 4) is 0 Å². The first-order valence-corrected chi connectivity index (χ1v) is 6.23. The minimum Gasteiger partial charge on any atom is -0.394 e. The fourth-order valence-electron chi connectivity index (χ4n) is 2.42. The van der Waals surface area contributed by atoms with Gasteiger partial charge < -0.3 is 25.3 Å². The fourth-order valence-corrected chi connectivity index (χ4v) is 2.42. The van der Waals surface area contributed by atoms with Crippen molar-refractivity contribution in [2.45, 2.75) is 31.3 Å². The first-order valence-electron chi connectivity index (χ1n) is 6.23. The molecule has 0 amide bonds. The van der Waals surface area contributed by atoms with Crippen molar-refractivity contribution in [2.24, 2.45) is 0 Å². The second-order valence-electron chi connectivity index (χ2n) is 4.80. The zero-order valence-electron chi connectivity index (χ0n) is 10.6. The van der Waals surface area contributed by atoms with Gasteiger partial charge in [0.25, 0.3) is 5.56 Å². The molecule has 1 fully saturated rings. The van der Waals surface area contributed by atoms with Gasteiger partial charge in [-0.3, -0.25) is 9.78 Å². The number of imidazole rings is 1. The molecule has 20 heavy (non-hydrogen) atoms. The summed E-state index contributed by atoms with van der Waals surface area (Å²) >= 11 is 0. The summed E-state index contributed by atoms with van der Waals surface area (Å²) in [7, 11) is 0. The van der Waals surface area contributed by atoms with Crippen molar-refractivity contribution in [2.75, 3.05) is 12.3 Å². The Balaban J connectivity index is 1.87. The summed E-state index contributed by atoms with van der Waals surface area (Å²) < 4.78 is 7.16. The Hall–Kier alpha value is -1.97. The molecule has 1 saturated heterocycles. The van der Waals surface area contributed by atoms with Gasteiger partial charge in [0, 0.05) is 6.42 Å². The molecule has 108 valence electrons. The van der Waals surface area contributed by atoms with Crippen molar-refractivity contribution in [3.05, 3.63) is 16.7 Å². The second-order valence-corrected chi connectivity index (χ2v) is 4.80. The Morgan fingerprint density at radius 2 is 2.40 bits per heavy atom. The number of aliphatic hydroxyl groups excluding tert-OH is 2. The summed E-state index contributed by atoms with van der Waals surface area (Å²) in [6.45, 7) is 0.146. The van der Waals surface area contributed by atoms with Crippen LogP contribution in [0.1, 0.15) is 6.42 Å². The van der Waals surface area contributed by atoms with E-state index in [1.54, 1.807) is 4.57 Å². The Bertz CT molecular complexity index is 681. The maximum absolute atomic E-state index is 11.6. The van der Waals surface area contributed by atoms with Crippen molar-refractivity contribution in [1.29, 1.82) is 0 Å². The predicted octanol–water partition coefficient (Wildman–Crippen LogP) is -1.79. The van der Waals surface area contributed by atoms with E-state index in [1.165, 1.54) is 6.33 Å². The number of hydrogen-bond donors (Lipinski definition) is 4. The maximum Gasteiger partial charge on any atom is 0.280 e. The van der Waals surface area contributed by atoms with Gasteiger partial charge in [0.05, 0.1) is 31.7 Å². The zero-order chi connectivity index (χ0) is 14.3. The topological polar surface area (TPSA) is 139 Å². The van der Waals surface area contributed by atoms with Crippen LogP contribution in [0.3, 0.4) is 0 Å². The summed E-state index contributed by atoms with van der Waals surface area (Å²) in [4.78, 5) is 22.1. The largest absolute Gasteiger partial charge is 0.394 e. The molecule has 2 aromatic heterocycles. The third kappa shape index (κ3) is 2.15. The number of nitrogen functional groups attached to an aromatic ring is 1. The fraction of sp³-hybridized carbons (Fsp3) is 0.545. The van der Waals surface area contributed by atoms with Crippen LogP contribution in [0.15, 0.2) is 11.1 Å². The predicted molar refractivity (Wildman–Crippen MR) is 68.9 cm³/mol. The molecule has 9 nitrogen and oxygen atoms in total. The van der Waals surface area contributed by atoms with Gasteiger partial charge >= 0.3 is 0 Å². The molecule has 1 aliphatic heterocycles. The van der Waals surface area contributed by atoms with Crippen LogP contribution in [0.2, 0.25) is 0 Å². The number of nitrogens with one attached hydrogen (secondary N) is 1. The highest BCUT2D eigenvalue weighted by Gasteiger charge is 2.33. The number of aromatic nitrogens is 4. The van der Waals surface area contributed by atoms with E-state index in [4.69, 9.17) is 15.6 Å². The number of aromatic amines is 1. The van der Waals surface area contributed by atoms with Gasteiger partial charge in [-0.2, -0.15) is 4.98 Å². The molecule has 3 heterocycles. The van der Waals surface area contributed by atoms with Gasteiger partial charge in [-0.15, -0.1) is 0 Å². The van der Waals surface area contributed by atoms with Gasteiger partial charge in [-0.05, 0) is 0 Å². The van der Waals surface area contributed by atoms with E-state index in [-0.39, 0.29) is 24.2 Å². The molecule has 2 aromatic rings. The number of fused-ring (bicyclic) bond motifs is 1. The average Bonchev–Trinajstić information content (AvgIpc) is 2.94. The van der Waals surface area contributed by atoms with Gasteiger partial charge in [0.1, 0.15) is 6.10 Å². The monoisotopic (exact) mass is 281 g/mol. The SMILES string of the molecule is Nc1nc2c(ncn2C[C@H]2C[C@H](O)[C@@H](CO)O2)c(=O)[nH]1. The first-order chi connectivity index (χ1) is 9.58. The molecule has 5 N–H and O–H groups in total. The number of nitrogens with two attached hydrogens (primary N) is 1. The van der Waals surface area contributed by atoms with Crippen LogP contribution < -0.4 is 11.3 Å². The number of aliphatic hydroxyl groups is 2. The minimum absolute atomic E-state index is 0.0184. The number of hydrogen-bond acceptors (Lipinski definition) is 7. The van der Waals surface area contributed by atoms with E-state index >= 15 is 0 Å². The van der Waals surface area contributed by atoms with Crippen LogP contribution in [0.4, 0.5) is 5.95 Å². The van der Waals surface area contributed by atoms with E-state index in [0.717, 1.165) is 0 Å². The Labute approximate surface area is 113 Å². The Morgan fingerprint density at radius 3 is 3.10 bits per heavy atom. The highest BCUT2D eigenvalue weighted by molar-refractivity contribution is 5.70. The number of H-pyrrole nitrogens is 1. The normalized spacial score (nSPS) is 26.4. The lowest BCUT2D eigenvalue weighted by molar-refractivity contribution is -0.0255. The molecular weight excluding hydrogens is 266 g/mol. The third-order valence-electron chi connectivity index (χ3n) is 3.37. The Kier molecular flexibility index (Phi) is 3.16. The quantitative estimate of drug-likeness (QED) is 0.521. The molecule has 0 saturated carbocycles. The van der Waals surface area contributed by atoms with Crippen LogP contribution in [-0.2, 0) is 11.3 Å². The van der Waals surface area contributed by atoms with Crippen LogP contribution >= 0.6 is 0 Å². The lowest BCUT2D eigenvalue weighted by Gasteiger charge is -2.12. The smallest absolute Gasteiger partial charge is 0.280 e. The van der Waals surface area contributed by atoms with Crippen LogP contribution in [0.25, 0.3) is 11.2 Å². The van der Waals surface area contributed by atoms with Crippen molar-refractivity contribution < 1.29 is 14.9 Å². The lowest BCUT2D eigenvalue weighted by Crippen LogP contribution is -2.24. The van der Waals surface area contributed by atoms with Crippen LogP contribution in [0.5, 0.6) is 0 Å². The zero-order valence-corrected chi connectivity index (χ0v) is 10.6. The van der Waals surface area contributed by atoms with Gasteiger partial charge in [0.15, 0.2) is 11.2 Å². The number of rotatable bonds is 3. The van der Waals surface area contributed by atoms with Crippen molar-refractivity contribution in [1.82, 2.24) is 19.5 Å². The summed E-state index contributed by atoms with van der Waals surface area (Å²) in [6, 6.07) is 0. The molecule has 0 spiro atoms. The molecule has 0 aliphatic carbocycles. The number of anilines is 1. The molecule has 1 aliphatic rings. The van der Waals surface area contributed by atoms with Gasteiger partial charge in [-0.25, -0.2) is 4.98 Å². The molecule has 0 unspecified atom stereocenters. The van der Waals surface area contributed by atoms with Crippen LogP contribution in [-0.4, -0.2) is 54.7 Å². The highest BCUT2D eigenvalue weighted by atomic mass is 16.5. The molecule has 3 atom stereocenters. The summed E-state index contributed by atoms with van der Waals surface area (Å²) in [5.41, 5.74) is 5.70. The minimum atomic E-state index is -0.693. The van der Waals surface area contributed by atoms with E-state index in [2.05, 4.69) is 15.0 Å². The van der Waals surface area contributed by atoms with E-state index < -0.39 is 17.8 Å². The summed E-state index contributed by atoms with van der Waals surface area (Å²) in [5.74, 6) is 0.0184. The molecule has 9 heteroatoms. The molecule has 3 rings (SSSR count). The summed E-state index contributed by atoms with van der Waals surface area (Å²) in [6.07, 6.45) is 0.345. The third-order valence-corrected chi connectivity index (χ3v) is 3.37. The van der Waals surface area contributed by atoms with E-state index in [0.29, 0.717) is 18.6 Å². The summed E-state index contributed by atoms with van der Waals surface area (Å²) in [5, 5.41) is 18.7. The Morgan fingerprint density at radius 1 is 1.60 bits per heavy atom. The van der Waals surface area contributed by atoms with Gasteiger partial charge in [-0.1, -0.05) is 0 Å². The highest BCUT2D eigenvalue weighted by Crippen LogP contribution is 2.22. The van der Waals surface area contributed by atoms with Crippen molar-refractivity contribution >= 4 is 17.1 Å². The standard InChI is InChI=1S/C11H15N5O4/c12-11-14-9-8(10(19)15-11)13-4-16(9)2-5-1-6(18)7(3-17)20-5/h4-7,17-18H,1-3H2,(H3,12,14,15,19)/t5-,6+,7-/m1/s1. The average molecular weight is 281 g/mol. The lowest BCUT2D eigenvalue weighted by atomic mass is 10.1. The van der Waals surface area contributed by atoms with Gasteiger partial charge in [0.2, 0.25) is 5.95 Å². The van der Waals surface area contributed by atoms with E-state index in [9.17, 15) is 9.90 Å². The number of ether oxygens (including phenoxy) is 1. The first kappa shape index (κ1) is 13.0. The second kappa shape index (κ2) is 4.85. The molecule has 0 aromatic carbocycles. The van der Waals surface area contributed by atoms with E-state index in [1.807, 2.05) is 0 Å². The molecular formula is C11H15N5O4.